The van der Waals surface area contributed by atoms with E-state index in [1.54, 1.807) is 42.5 Å². The molecule has 2 aromatic rings. The van der Waals surface area contributed by atoms with Crippen molar-refractivity contribution >= 4 is 50.8 Å². The molecule has 2 amide bonds. The summed E-state index contributed by atoms with van der Waals surface area (Å²) < 4.78 is 6.12. The Morgan fingerprint density at radius 3 is 2.54 bits per heavy atom. The van der Waals surface area contributed by atoms with Gasteiger partial charge in [-0.1, -0.05) is 19.1 Å². The molecule has 8 heteroatoms. The number of hydrogen-bond acceptors (Lipinski definition) is 4. The third kappa shape index (κ3) is 6.03. The number of thiocarbonyl (C=S) groups is 1. The standard InChI is InChI=1S/C20H22BrN3O3S/c1-3-11-22-19(26)14-7-5-6-8-16(14)23-20(28)24-18(25)13-9-10-17(27-4-2)15(21)12-13/h5-10,12H,3-4,11H2,1-2H3,(H,22,26)(H2,23,24,25,28). The Hall–Kier alpha value is -2.45. The molecule has 0 radical (unpaired) electrons. The van der Waals surface area contributed by atoms with E-state index in [1.165, 1.54) is 0 Å². The first kappa shape index (κ1) is 21.8. The van der Waals surface area contributed by atoms with Crippen LogP contribution in [-0.2, 0) is 0 Å². The summed E-state index contributed by atoms with van der Waals surface area (Å²) in [4.78, 5) is 24.7. The summed E-state index contributed by atoms with van der Waals surface area (Å²) in [5, 5.41) is 8.46. The lowest BCUT2D eigenvalue weighted by Crippen LogP contribution is -2.35. The molecule has 0 aliphatic carbocycles. The Bertz CT molecular complexity index is 874. The Balaban J connectivity index is 2.05. The molecule has 0 unspecified atom stereocenters. The summed E-state index contributed by atoms with van der Waals surface area (Å²) in [5.41, 5.74) is 1.40. The third-order valence-corrected chi connectivity index (χ3v) is 4.50. The minimum Gasteiger partial charge on any atom is -0.493 e. The maximum Gasteiger partial charge on any atom is 0.257 e. The summed E-state index contributed by atoms with van der Waals surface area (Å²) in [5.74, 6) is 0.0930. The van der Waals surface area contributed by atoms with Crippen molar-refractivity contribution in [2.24, 2.45) is 0 Å². The zero-order valence-corrected chi connectivity index (χ0v) is 18.1. The number of amides is 2. The molecular weight excluding hydrogens is 442 g/mol. The second kappa shape index (κ2) is 10.8. The highest BCUT2D eigenvalue weighted by atomic mass is 79.9. The first-order chi connectivity index (χ1) is 13.5. The minimum atomic E-state index is -0.367. The summed E-state index contributed by atoms with van der Waals surface area (Å²) >= 11 is 8.62. The van der Waals surface area contributed by atoms with Gasteiger partial charge in [0.2, 0.25) is 0 Å². The molecular formula is C20H22BrN3O3S. The quantitative estimate of drug-likeness (QED) is 0.538. The lowest BCUT2D eigenvalue weighted by atomic mass is 10.1. The molecule has 148 valence electrons. The van der Waals surface area contributed by atoms with Crippen molar-refractivity contribution in [2.45, 2.75) is 20.3 Å². The monoisotopic (exact) mass is 463 g/mol. The molecule has 0 aromatic heterocycles. The van der Waals surface area contributed by atoms with E-state index in [0.29, 0.717) is 40.2 Å². The largest absolute Gasteiger partial charge is 0.493 e. The number of carbonyl (C=O) groups excluding carboxylic acids is 2. The minimum absolute atomic E-state index is 0.103. The van der Waals surface area contributed by atoms with E-state index < -0.39 is 0 Å². The van der Waals surface area contributed by atoms with Gasteiger partial charge >= 0.3 is 0 Å². The molecule has 0 atom stereocenters. The van der Waals surface area contributed by atoms with Crippen molar-refractivity contribution in [1.82, 2.24) is 10.6 Å². The molecule has 0 aliphatic rings. The molecule has 2 aromatic carbocycles. The summed E-state index contributed by atoms with van der Waals surface area (Å²) in [6.07, 6.45) is 0.841. The lowest BCUT2D eigenvalue weighted by molar-refractivity contribution is 0.0952. The Morgan fingerprint density at radius 1 is 1.11 bits per heavy atom. The highest BCUT2D eigenvalue weighted by Gasteiger charge is 2.14. The van der Waals surface area contributed by atoms with Gasteiger partial charge in [0, 0.05) is 12.1 Å². The van der Waals surface area contributed by atoms with Crippen molar-refractivity contribution in [2.75, 3.05) is 18.5 Å². The van der Waals surface area contributed by atoms with Gasteiger partial charge in [-0.15, -0.1) is 0 Å². The molecule has 0 spiro atoms. The van der Waals surface area contributed by atoms with Crippen molar-refractivity contribution in [3.8, 4) is 5.75 Å². The van der Waals surface area contributed by atoms with Gasteiger partial charge in [-0.3, -0.25) is 14.9 Å². The average Bonchev–Trinajstić information content (AvgIpc) is 2.68. The number of rotatable bonds is 7. The Labute approximate surface area is 178 Å². The molecule has 28 heavy (non-hydrogen) atoms. The maximum atomic E-state index is 12.4. The molecule has 3 N–H and O–H groups in total. The topological polar surface area (TPSA) is 79.5 Å². The number of benzene rings is 2. The number of ether oxygens (including phenoxy) is 1. The fraction of sp³-hybridized carbons (Fsp3) is 0.250. The van der Waals surface area contributed by atoms with Crippen LogP contribution in [0.4, 0.5) is 5.69 Å². The number of nitrogens with one attached hydrogen (secondary N) is 3. The first-order valence-corrected chi connectivity index (χ1v) is 10.1. The zero-order valence-electron chi connectivity index (χ0n) is 15.7. The fourth-order valence-corrected chi connectivity index (χ4v) is 3.06. The molecule has 0 saturated heterocycles. The summed E-state index contributed by atoms with van der Waals surface area (Å²) in [7, 11) is 0. The number of carbonyl (C=O) groups is 2. The van der Waals surface area contributed by atoms with E-state index in [0.717, 1.165) is 6.42 Å². The first-order valence-electron chi connectivity index (χ1n) is 8.88. The van der Waals surface area contributed by atoms with Crippen LogP contribution in [0.2, 0.25) is 0 Å². The smallest absolute Gasteiger partial charge is 0.257 e. The van der Waals surface area contributed by atoms with Crippen molar-refractivity contribution in [3.63, 3.8) is 0 Å². The van der Waals surface area contributed by atoms with Gasteiger partial charge in [0.05, 0.1) is 22.3 Å². The molecule has 0 fully saturated rings. The van der Waals surface area contributed by atoms with Crippen LogP contribution in [0.1, 0.15) is 41.0 Å². The highest BCUT2D eigenvalue weighted by molar-refractivity contribution is 9.10. The van der Waals surface area contributed by atoms with Crippen LogP contribution < -0.4 is 20.7 Å². The van der Waals surface area contributed by atoms with Gasteiger partial charge < -0.3 is 15.4 Å². The van der Waals surface area contributed by atoms with Crippen LogP contribution in [0.3, 0.4) is 0 Å². The van der Waals surface area contributed by atoms with Crippen LogP contribution in [0.25, 0.3) is 0 Å². The molecule has 0 aliphatic heterocycles. The molecule has 0 saturated carbocycles. The van der Waals surface area contributed by atoms with E-state index in [1.807, 2.05) is 13.8 Å². The van der Waals surface area contributed by atoms with E-state index in [4.69, 9.17) is 17.0 Å². The maximum absolute atomic E-state index is 12.4. The van der Waals surface area contributed by atoms with E-state index in [-0.39, 0.29) is 16.9 Å². The van der Waals surface area contributed by atoms with Crippen LogP contribution in [0, 0.1) is 0 Å². The van der Waals surface area contributed by atoms with Crippen LogP contribution in [0.5, 0.6) is 5.75 Å². The van der Waals surface area contributed by atoms with Crippen LogP contribution in [-0.4, -0.2) is 30.1 Å². The van der Waals surface area contributed by atoms with E-state index >= 15 is 0 Å². The highest BCUT2D eigenvalue weighted by Crippen LogP contribution is 2.26. The van der Waals surface area contributed by atoms with Crippen LogP contribution >= 0.6 is 28.1 Å². The lowest BCUT2D eigenvalue weighted by Gasteiger charge is -2.14. The number of halogens is 1. The Kier molecular flexibility index (Phi) is 8.41. The van der Waals surface area contributed by atoms with Crippen LogP contribution in [0.15, 0.2) is 46.9 Å². The zero-order chi connectivity index (χ0) is 20.5. The SMILES string of the molecule is CCCNC(=O)c1ccccc1NC(=S)NC(=O)c1ccc(OCC)c(Br)c1. The summed E-state index contributed by atoms with van der Waals surface area (Å²) in [6, 6.07) is 12.0. The van der Waals surface area contributed by atoms with Gasteiger partial charge in [0.15, 0.2) is 5.11 Å². The van der Waals surface area contributed by atoms with Gasteiger partial charge in [-0.25, -0.2) is 0 Å². The van der Waals surface area contributed by atoms with Gasteiger partial charge in [0.1, 0.15) is 5.75 Å². The molecule has 6 nitrogen and oxygen atoms in total. The normalized spacial score (nSPS) is 10.1. The molecule has 2 rings (SSSR count). The van der Waals surface area contributed by atoms with E-state index in [9.17, 15) is 9.59 Å². The summed E-state index contributed by atoms with van der Waals surface area (Å²) in [6.45, 7) is 4.98. The van der Waals surface area contributed by atoms with E-state index in [2.05, 4.69) is 31.9 Å². The predicted octanol–water partition coefficient (Wildman–Crippen LogP) is 4.11. The average molecular weight is 464 g/mol. The number of anilines is 1. The van der Waals surface area contributed by atoms with Gasteiger partial charge in [-0.2, -0.15) is 0 Å². The Morgan fingerprint density at radius 2 is 1.86 bits per heavy atom. The number of para-hydroxylation sites is 1. The second-order valence-electron chi connectivity index (χ2n) is 5.79. The van der Waals surface area contributed by atoms with Crippen molar-refractivity contribution < 1.29 is 14.3 Å². The molecule has 0 heterocycles. The third-order valence-electron chi connectivity index (χ3n) is 3.68. The van der Waals surface area contributed by atoms with Crippen molar-refractivity contribution in [1.29, 1.82) is 0 Å². The second-order valence-corrected chi connectivity index (χ2v) is 7.05. The van der Waals surface area contributed by atoms with Gasteiger partial charge in [-0.05, 0) is 71.8 Å². The van der Waals surface area contributed by atoms with Crippen molar-refractivity contribution in [3.05, 3.63) is 58.1 Å². The predicted molar refractivity (Wildman–Crippen MR) is 118 cm³/mol. The van der Waals surface area contributed by atoms with Gasteiger partial charge in [0.25, 0.3) is 11.8 Å². The fourth-order valence-electron chi connectivity index (χ4n) is 2.37. The molecule has 0 bridgehead atoms. The number of hydrogen-bond donors (Lipinski definition) is 3.